The number of fused-ring (bicyclic) bond motifs is 1. The Hall–Kier alpha value is -1.91. The normalized spacial score (nSPS) is 19.7. The Morgan fingerprint density at radius 2 is 2.12 bits per heavy atom. The fraction of sp³-hybridized carbons (Fsp3) is 0.333. The zero-order chi connectivity index (χ0) is 12.7. The van der Waals surface area contributed by atoms with Gasteiger partial charge in [0.05, 0.1) is 0 Å². The van der Waals surface area contributed by atoms with Crippen LogP contribution in [0.2, 0.25) is 0 Å². The molecule has 4 nitrogen and oxygen atoms in total. The summed E-state index contributed by atoms with van der Waals surface area (Å²) in [5.74, 6) is -3.46. The van der Waals surface area contributed by atoms with Crippen molar-refractivity contribution in [3.8, 4) is 0 Å². The summed E-state index contributed by atoms with van der Waals surface area (Å²) in [7, 11) is 0. The number of hydrogen-bond acceptors (Lipinski definition) is 2. The van der Waals surface area contributed by atoms with E-state index >= 15 is 0 Å². The smallest absolute Gasteiger partial charge is 0.339 e. The number of halogens is 1. The lowest BCUT2D eigenvalue weighted by atomic mass is 9.93. The van der Waals surface area contributed by atoms with E-state index in [1.165, 1.54) is 0 Å². The van der Waals surface area contributed by atoms with E-state index in [1.807, 2.05) is 13.0 Å². The molecule has 0 fully saturated rings. The van der Waals surface area contributed by atoms with Gasteiger partial charge in [-0.2, -0.15) is 0 Å². The summed E-state index contributed by atoms with van der Waals surface area (Å²) in [6.07, 6.45) is -2.21. The van der Waals surface area contributed by atoms with Crippen LogP contribution in [0.15, 0.2) is 12.1 Å². The Bertz CT molecular complexity index is 513. The van der Waals surface area contributed by atoms with Crippen LogP contribution >= 0.6 is 0 Å². The van der Waals surface area contributed by atoms with E-state index in [1.54, 1.807) is 13.0 Å². The number of carboxylic acid groups (broad SMARTS) is 1. The molecule has 1 aromatic rings. The summed E-state index contributed by atoms with van der Waals surface area (Å²) in [4.78, 5) is 22.3. The molecule has 2 unspecified atom stereocenters. The third-order valence-corrected chi connectivity index (χ3v) is 2.90. The molecule has 17 heavy (non-hydrogen) atoms. The van der Waals surface area contributed by atoms with Crippen molar-refractivity contribution >= 4 is 17.6 Å². The largest absolute Gasteiger partial charge is 0.479 e. The van der Waals surface area contributed by atoms with Gasteiger partial charge in [-0.05, 0) is 25.0 Å². The molecule has 5 heteroatoms. The van der Waals surface area contributed by atoms with Gasteiger partial charge in [-0.25, -0.2) is 9.18 Å². The lowest BCUT2D eigenvalue weighted by molar-refractivity contribution is -0.145. The van der Waals surface area contributed by atoms with Crippen LogP contribution in [0.25, 0.3) is 0 Å². The number of nitrogens with one attached hydrogen (secondary N) is 1. The maximum Gasteiger partial charge on any atom is 0.339 e. The highest BCUT2D eigenvalue weighted by Gasteiger charge is 2.41. The molecule has 2 rings (SSSR count). The molecule has 0 aliphatic carbocycles. The highest BCUT2D eigenvalue weighted by molar-refractivity contribution is 6.06. The number of carboxylic acids is 1. The van der Waals surface area contributed by atoms with Gasteiger partial charge < -0.3 is 10.4 Å². The molecular formula is C12H12FNO3. The van der Waals surface area contributed by atoms with Gasteiger partial charge in [-0.3, -0.25) is 4.79 Å². The number of aliphatic carboxylic acids is 1. The maximum atomic E-state index is 13.6. The molecule has 1 amide bonds. The second-order valence-corrected chi connectivity index (χ2v) is 4.25. The third-order valence-electron chi connectivity index (χ3n) is 2.90. The Balaban J connectivity index is 2.54. The van der Waals surface area contributed by atoms with E-state index in [2.05, 4.69) is 5.32 Å². The topological polar surface area (TPSA) is 66.4 Å². The van der Waals surface area contributed by atoms with Crippen LogP contribution < -0.4 is 5.32 Å². The Labute approximate surface area is 97.4 Å². The van der Waals surface area contributed by atoms with E-state index < -0.39 is 24.0 Å². The zero-order valence-corrected chi connectivity index (χ0v) is 9.45. The van der Waals surface area contributed by atoms with Crippen molar-refractivity contribution in [2.45, 2.75) is 25.9 Å². The average molecular weight is 237 g/mol. The second kappa shape index (κ2) is 3.84. The molecule has 1 aromatic carbocycles. The Morgan fingerprint density at radius 1 is 1.47 bits per heavy atom. The summed E-state index contributed by atoms with van der Waals surface area (Å²) in [6, 6.07) is 3.51. The number of rotatable bonds is 2. The van der Waals surface area contributed by atoms with Crippen LogP contribution in [0.5, 0.6) is 0 Å². The molecule has 0 saturated carbocycles. The fourth-order valence-corrected chi connectivity index (χ4v) is 2.19. The van der Waals surface area contributed by atoms with Crippen molar-refractivity contribution in [3.05, 3.63) is 28.8 Å². The van der Waals surface area contributed by atoms with E-state index in [4.69, 9.17) is 5.11 Å². The number of benzene rings is 1. The van der Waals surface area contributed by atoms with Gasteiger partial charge in [0, 0.05) is 5.69 Å². The number of amides is 1. The highest BCUT2D eigenvalue weighted by atomic mass is 19.1. The molecule has 90 valence electrons. The summed E-state index contributed by atoms with van der Waals surface area (Å²) in [5.41, 5.74) is 2.66. The summed E-state index contributed by atoms with van der Waals surface area (Å²) in [5, 5.41) is 11.2. The number of hydrogen-bond donors (Lipinski definition) is 2. The maximum absolute atomic E-state index is 13.6. The van der Waals surface area contributed by atoms with Crippen LogP contribution in [0.3, 0.4) is 0 Å². The van der Waals surface area contributed by atoms with Crippen molar-refractivity contribution in [1.29, 1.82) is 0 Å². The molecule has 0 spiro atoms. The van der Waals surface area contributed by atoms with Gasteiger partial charge in [-0.15, -0.1) is 0 Å². The second-order valence-electron chi connectivity index (χ2n) is 4.25. The van der Waals surface area contributed by atoms with E-state index in [9.17, 15) is 14.0 Å². The predicted octanol–water partition coefficient (Wildman–Crippen LogP) is 1.76. The lowest BCUT2D eigenvalue weighted by Crippen LogP contribution is -2.28. The molecule has 0 bridgehead atoms. The van der Waals surface area contributed by atoms with E-state index in [-0.39, 0.29) is 0 Å². The molecule has 1 aliphatic heterocycles. The van der Waals surface area contributed by atoms with Gasteiger partial charge in [0.15, 0.2) is 0 Å². The zero-order valence-electron chi connectivity index (χ0n) is 9.45. The number of anilines is 1. The first kappa shape index (κ1) is 11.6. The molecule has 2 N–H and O–H groups in total. The molecule has 0 saturated heterocycles. The minimum absolute atomic E-state index is 0.433. The van der Waals surface area contributed by atoms with Gasteiger partial charge in [0.2, 0.25) is 12.1 Å². The van der Waals surface area contributed by atoms with Crippen molar-refractivity contribution in [2.24, 2.45) is 0 Å². The molecule has 1 aliphatic rings. The van der Waals surface area contributed by atoms with Crippen molar-refractivity contribution in [2.75, 3.05) is 5.32 Å². The number of carbonyl (C=O) groups excluding carboxylic acids is 1. The molecule has 0 aromatic heterocycles. The summed E-state index contributed by atoms with van der Waals surface area (Å²) < 4.78 is 13.6. The minimum atomic E-state index is -2.21. The van der Waals surface area contributed by atoms with E-state index in [0.717, 1.165) is 11.1 Å². The standard InChI is InChI=1S/C12H12FNO3/c1-5-3-6(2)10-7(4-5)8(11(15)14-10)9(13)12(16)17/h3-4,8-9H,1-2H3,(H,14,15)(H,16,17). The van der Waals surface area contributed by atoms with Crippen LogP contribution in [-0.2, 0) is 9.59 Å². The summed E-state index contributed by atoms with van der Waals surface area (Å²) in [6.45, 7) is 3.61. The van der Waals surface area contributed by atoms with Crippen molar-refractivity contribution in [3.63, 3.8) is 0 Å². The highest BCUT2D eigenvalue weighted by Crippen LogP contribution is 2.38. The fourth-order valence-electron chi connectivity index (χ4n) is 2.19. The average Bonchev–Trinajstić information content (AvgIpc) is 2.54. The SMILES string of the molecule is Cc1cc(C)c2c(c1)C(C(F)C(=O)O)C(=O)N2. The molecule has 2 atom stereocenters. The van der Waals surface area contributed by atoms with Crippen LogP contribution in [-0.4, -0.2) is 23.2 Å². The summed E-state index contributed by atoms with van der Waals surface area (Å²) >= 11 is 0. The van der Waals surface area contributed by atoms with Crippen LogP contribution in [0.4, 0.5) is 10.1 Å². The van der Waals surface area contributed by atoms with Crippen LogP contribution in [0.1, 0.15) is 22.6 Å². The first-order valence-electron chi connectivity index (χ1n) is 5.20. The first-order chi connectivity index (χ1) is 7.91. The monoisotopic (exact) mass is 237 g/mol. The molecule has 1 heterocycles. The molecular weight excluding hydrogens is 225 g/mol. The van der Waals surface area contributed by atoms with E-state index in [0.29, 0.717) is 11.3 Å². The van der Waals surface area contributed by atoms with Gasteiger partial charge in [0.1, 0.15) is 5.92 Å². The lowest BCUT2D eigenvalue weighted by Gasteiger charge is -2.11. The van der Waals surface area contributed by atoms with Crippen molar-refractivity contribution in [1.82, 2.24) is 0 Å². The number of aryl methyl sites for hydroxylation is 2. The van der Waals surface area contributed by atoms with Gasteiger partial charge in [-0.1, -0.05) is 17.7 Å². The third kappa shape index (κ3) is 1.77. The number of alkyl halides is 1. The Morgan fingerprint density at radius 3 is 2.71 bits per heavy atom. The van der Waals surface area contributed by atoms with Gasteiger partial charge in [0.25, 0.3) is 0 Å². The molecule has 0 radical (unpaired) electrons. The quantitative estimate of drug-likeness (QED) is 0.823. The first-order valence-corrected chi connectivity index (χ1v) is 5.20. The predicted molar refractivity (Wildman–Crippen MR) is 59.8 cm³/mol. The van der Waals surface area contributed by atoms with Gasteiger partial charge >= 0.3 is 5.97 Å². The Kier molecular flexibility index (Phi) is 2.61. The minimum Gasteiger partial charge on any atom is -0.479 e. The van der Waals surface area contributed by atoms with Crippen LogP contribution in [0, 0.1) is 13.8 Å². The van der Waals surface area contributed by atoms with Crippen molar-refractivity contribution < 1.29 is 19.1 Å². The number of carbonyl (C=O) groups is 2.